The molecular formula is C5H6ClF4NO. The van der Waals surface area contributed by atoms with E-state index in [-0.39, 0.29) is 12.4 Å². The van der Waals surface area contributed by atoms with Crippen LogP contribution in [0.4, 0.5) is 17.6 Å². The van der Waals surface area contributed by atoms with Crippen molar-refractivity contribution in [1.29, 1.82) is 0 Å². The Hall–Kier alpha value is -0.520. The second-order valence-electron chi connectivity index (χ2n) is 1.87. The third-order valence-electron chi connectivity index (χ3n) is 0.957. The lowest BCUT2D eigenvalue weighted by molar-refractivity contribution is -0.169. The van der Waals surface area contributed by atoms with Gasteiger partial charge in [-0.2, -0.15) is 8.78 Å². The van der Waals surface area contributed by atoms with Crippen LogP contribution in [0.2, 0.25) is 0 Å². The van der Waals surface area contributed by atoms with Crippen LogP contribution in [0, 0.1) is 0 Å². The van der Waals surface area contributed by atoms with Crippen molar-refractivity contribution in [2.24, 2.45) is 0 Å². The topological polar surface area (TPSA) is 29.1 Å². The first-order valence-corrected chi connectivity index (χ1v) is 3.46. The van der Waals surface area contributed by atoms with E-state index >= 15 is 0 Å². The molecule has 0 spiro atoms. The van der Waals surface area contributed by atoms with Crippen molar-refractivity contribution < 1.29 is 22.4 Å². The molecule has 0 radical (unpaired) electrons. The number of hydrogen-bond acceptors (Lipinski definition) is 1. The standard InChI is InChI=1S/C5H6ClF4NO/c6-1-2-11-4(12)5(9,10)3(7)8/h3H,1-2H2,(H,11,12). The average Bonchev–Trinajstić information content (AvgIpc) is 1.99. The molecular weight excluding hydrogens is 202 g/mol. The molecule has 1 N–H and O–H groups in total. The summed E-state index contributed by atoms with van der Waals surface area (Å²) >= 11 is 5.03. The fourth-order valence-corrected chi connectivity index (χ4v) is 0.472. The predicted octanol–water partition coefficient (Wildman–Crippen LogP) is 1.24. The van der Waals surface area contributed by atoms with Gasteiger partial charge in [0.1, 0.15) is 0 Å². The molecule has 0 aromatic rings. The lowest BCUT2D eigenvalue weighted by Gasteiger charge is -2.13. The molecule has 1 amide bonds. The highest BCUT2D eigenvalue weighted by molar-refractivity contribution is 6.18. The first kappa shape index (κ1) is 11.5. The SMILES string of the molecule is O=C(NCCCl)C(F)(F)C(F)F. The maximum absolute atomic E-state index is 12.1. The zero-order valence-corrected chi connectivity index (χ0v) is 6.55. The van der Waals surface area contributed by atoms with Crippen molar-refractivity contribution in [1.82, 2.24) is 5.32 Å². The summed E-state index contributed by atoms with van der Waals surface area (Å²) < 4.78 is 47.0. The summed E-state index contributed by atoms with van der Waals surface area (Å²) in [7, 11) is 0. The molecule has 72 valence electrons. The van der Waals surface area contributed by atoms with Crippen molar-refractivity contribution in [3.8, 4) is 0 Å². The number of carbonyl (C=O) groups excluding carboxylic acids is 1. The monoisotopic (exact) mass is 207 g/mol. The van der Waals surface area contributed by atoms with E-state index in [2.05, 4.69) is 0 Å². The maximum Gasteiger partial charge on any atom is 0.383 e. The maximum atomic E-state index is 12.1. The van der Waals surface area contributed by atoms with Gasteiger partial charge in [-0.1, -0.05) is 0 Å². The van der Waals surface area contributed by atoms with Crippen molar-refractivity contribution in [2.45, 2.75) is 12.3 Å². The van der Waals surface area contributed by atoms with Gasteiger partial charge in [0.25, 0.3) is 5.91 Å². The van der Waals surface area contributed by atoms with Gasteiger partial charge in [-0.15, -0.1) is 11.6 Å². The molecule has 7 heteroatoms. The number of carbonyl (C=O) groups is 1. The van der Waals surface area contributed by atoms with Crippen LogP contribution in [0.5, 0.6) is 0 Å². The highest BCUT2D eigenvalue weighted by Gasteiger charge is 2.48. The highest BCUT2D eigenvalue weighted by Crippen LogP contribution is 2.22. The summed E-state index contributed by atoms with van der Waals surface area (Å²) in [6.45, 7) is -0.261. The van der Waals surface area contributed by atoms with Gasteiger partial charge in [-0.25, -0.2) is 8.78 Å². The second-order valence-corrected chi connectivity index (χ2v) is 2.25. The molecule has 0 aliphatic heterocycles. The van der Waals surface area contributed by atoms with E-state index < -0.39 is 18.3 Å². The van der Waals surface area contributed by atoms with Crippen LogP contribution in [0.1, 0.15) is 0 Å². The lowest BCUT2D eigenvalue weighted by atomic mass is 10.3. The fourth-order valence-electron chi connectivity index (χ4n) is 0.378. The number of halogens is 5. The highest BCUT2D eigenvalue weighted by atomic mass is 35.5. The molecule has 0 aliphatic rings. The molecule has 0 bridgehead atoms. The van der Waals surface area contributed by atoms with E-state index in [0.29, 0.717) is 0 Å². The molecule has 0 saturated carbocycles. The van der Waals surface area contributed by atoms with E-state index in [0.717, 1.165) is 0 Å². The molecule has 2 nitrogen and oxygen atoms in total. The fraction of sp³-hybridized carbons (Fsp3) is 0.800. The van der Waals surface area contributed by atoms with Gasteiger partial charge in [0.05, 0.1) is 0 Å². The molecule has 0 atom stereocenters. The van der Waals surface area contributed by atoms with Gasteiger partial charge in [-0.3, -0.25) is 4.79 Å². The molecule has 12 heavy (non-hydrogen) atoms. The van der Waals surface area contributed by atoms with Gasteiger partial charge in [0.2, 0.25) is 0 Å². The van der Waals surface area contributed by atoms with Crippen LogP contribution >= 0.6 is 11.6 Å². The zero-order chi connectivity index (χ0) is 9.78. The Balaban J connectivity index is 4.07. The molecule has 0 aromatic carbocycles. The van der Waals surface area contributed by atoms with Gasteiger partial charge >= 0.3 is 12.3 Å². The molecule has 0 unspecified atom stereocenters. The Morgan fingerprint density at radius 1 is 1.50 bits per heavy atom. The Bertz CT molecular complexity index is 164. The van der Waals surface area contributed by atoms with E-state index in [1.54, 1.807) is 5.32 Å². The summed E-state index contributed by atoms with van der Waals surface area (Å²) in [5, 5.41) is 1.55. The summed E-state index contributed by atoms with van der Waals surface area (Å²) in [6, 6.07) is 0. The van der Waals surface area contributed by atoms with Crippen molar-refractivity contribution in [2.75, 3.05) is 12.4 Å². The largest absolute Gasteiger partial charge is 0.383 e. The number of alkyl halides is 5. The molecule has 0 fully saturated rings. The van der Waals surface area contributed by atoms with Gasteiger partial charge in [0.15, 0.2) is 0 Å². The van der Waals surface area contributed by atoms with E-state index in [1.165, 1.54) is 0 Å². The van der Waals surface area contributed by atoms with Crippen LogP contribution < -0.4 is 5.32 Å². The van der Waals surface area contributed by atoms with Crippen LogP contribution in [-0.2, 0) is 4.79 Å². The molecule has 0 aliphatic carbocycles. The van der Waals surface area contributed by atoms with Crippen molar-refractivity contribution in [3.05, 3.63) is 0 Å². The van der Waals surface area contributed by atoms with Crippen LogP contribution in [0.25, 0.3) is 0 Å². The third kappa shape index (κ3) is 2.84. The molecule has 0 rings (SSSR count). The first-order valence-electron chi connectivity index (χ1n) is 2.93. The smallest absolute Gasteiger partial charge is 0.349 e. The number of rotatable bonds is 4. The van der Waals surface area contributed by atoms with Gasteiger partial charge in [0, 0.05) is 12.4 Å². The van der Waals surface area contributed by atoms with E-state index in [1.807, 2.05) is 0 Å². The zero-order valence-electron chi connectivity index (χ0n) is 5.79. The van der Waals surface area contributed by atoms with Crippen LogP contribution in [0.15, 0.2) is 0 Å². The van der Waals surface area contributed by atoms with Gasteiger partial charge in [-0.05, 0) is 0 Å². The summed E-state index contributed by atoms with van der Waals surface area (Å²) in [4.78, 5) is 10.3. The third-order valence-corrected chi connectivity index (χ3v) is 1.15. The first-order chi connectivity index (χ1) is 5.42. The minimum absolute atomic E-state index is 0.106. The second kappa shape index (κ2) is 4.49. The molecule has 0 saturated heterocycles. The van der Waals surface area contributed by atoms with E-state index in [9.17, 15) is 22.4 Å². The number of hydrogen-bond donors (Lipinski definition) is 1. The van der Waals surface area contributed by atoms with Crippen LogP contribution in [-0.4, -0.2) is 30.7 Å². The normalized spacial score (nSPS) is 11.8. The van der Waals surface area contributed by atoms with Crippen molar-refractivity contribution in [3.63, 3.8) is 0 Å². The van der Waals surface area contributed by atoms with Crippen molar-refractivity contribution >= 4 is 17.5 Å². The molecule has 0 heterocycles. The summed E-state index contributed by atoms with van der Waals surface area (Å²) in [5.74, 6) is -6.74. The Morgan fingerprint density at radius 2 is 2.00 bits per heavy atom. The lowest BCUT2D eigenvalue weighted by Crippen LogP contribution is -2.45. The van der Waals surface area contributed by atoms with Gasteiger partial charge < -0.3 is 5.32 Å². The Morgan fingerprint density at radius 3 is 2.33 bits per heavy atom. The van der Waals surface area contributed by atoms with E-state index in [4.69, 9.17) is 11.6 Å². The van der Waals surface area contributed by atoms with Crippen LogP contribution in [0.3, 0.4) is 0 Å². The summed E-state index contributed by atoms with van der Waals surface area (Å²) in [5.41, 5.74) is 0. The molecule has 0 aromatic heterocycles. The Labute approximate surface area is 70.9 Å². The number of nitrogens with one attached hydrogen (secondary N) is 1. The summed E-state index contributed by atoms with van der Waals surface area (Å²) in [6.07, 6.45) is -3.99. The quantitative estimate of drug-likeness (QED) is 0.546. The Kier molecular flexibility index (Phi) is 4.30. The minimum Gasteiger partial charge on any atom is -0.349 e. The minimum atomic E-state index is -4.63. The average molecular weight is 208 g/mol. The predicted molar refractivity (Wildman–Crippen MR) is 34.7 cm³/mol. The number of amides is 1.